The number of amides is 2. The number of aromatic nitrogens is 1. The number of pyridine rings is 1. The van der Waals surface area contributed by atoms with Crippen LogP contribution in [0.2, 0.25) is 0 Å². The third kappa shape index (κ3) is 8.53. The average Bonchev–Trinajstić information content (AvgIpc) is 2.65. The maximum absolute atomic E-state index is 12.1. The maximum Gasteiger partial charge on any atom is 0.234 e. The predicted octanol–water partition coefficient (Wildman–Crippen LogP) is 2.71. The largest absolute Gasteiger partial charge is 0.355 e. The second-order valence-corrected chi connectivity index (χ2v) is 9.26. The summed E-state index contributed by atoms with van der Waals surface area (Å²) in [5.74, 6) is 0.786. The third-order valence-corrected chi connectivity index (χ3v) is 6.93. The minimum absolute atomic E-state index is 0.00529. The molecular weight excluding hydrogens is 384 g/mol. The fourth-order valence-corrected chi connectivity index (χ4v) is 4.93. The minimum Gasteiger partial charge on any atom is -0.355 e. The van der Waals surface area contributed by atoms with Gasteiger partial charge in [-0.1, -0.05) is 23.3 Å². The molecule has 1 aromatic heterocycles. The van der Waals surface area contributed by atoms with Crippen LogP contribution in [0.3, 0.4) is 0 Å². The van der Waals surface area contributed by atoms with Gasteiger partial charge in [0, 0.05) is 43.5 Å². The van der Waals surface area contributed by atoms with E-state index in [0.29, 0.717) is 38.1 Å². The molecule has 2 atom stereocenters. The van der Waals surface area contributed by atoms with E-state index in [0.717, 1.165) is 23.6 Å². The highest BCUT2D eigenvalue weighted by Gasteiger charge is 2.26. The molecule has 1 fully saturated rings. The first-order chi connectivity index (χ1) is 13.1. The molecule has 0 unspecified atom stereocenters. The number of hydrogen-bond acceptors (Lipinski definition) is 6. The summed E-state index contributed by atoms with van der Waals surface area (Å²) in [7, 11) is 3.26. The Bertz CT molecular complexity index is 578. The Morgan fingerprint density at radius 2 is 1.89 bits per heavy atom. The van der Waals surface area contributed by atoms with E-state index < -0.39 is 0 Å². The smallest absolute Gasteiger partial charge is 0.234 e. The molecule has 1 aliphatic heterocycles. The lowest BCUT2D eigenvalue weighted by Gasteiger charge is -2.38. The van der Waals surface area contributed by atoms with Crippen molar-refractivity contribution in [3.63, 3.8) is 0 Å². The molecule has 1 saturated heterocycles. The van der Waals surface area contributed by atoms with Crippen LogP contribution in [-0.2, 0) is 9.59 Å². The van der Waals surface area contributed by atoms with Gasteiger partial charge < -0.3 is 10.6 Å². The van der Waals surface area contributed by atoms with Crippen LogP contribution >= 0.6 is 21.6 Å². The van der Waals surface area contributed by atoms with Crippen LogP contribution in [0, 0.1) is 0 Å². The van der Waals surface area contributed by atoms with Gasteiger partial charge in [-0.3, -0.25) is 14.5 Å². The van der Waals surface area contributed by atoms with E-state index in [2.05, 4.69) is 34.4 Å². The summed E-state index contributed by atoms with van der Waals surface area (Å²) in [5.41, 5.74) is 0. The van der Waals surface area contributed by atoms with Gasteiger partial charge in [-0.05, 0) is 49.6 Å². The van der Waals surface area contributed by atoms with E-state index in [1.54, 1.807) is 27.8 Å². The van der Waals surface area contributed by atoms with Crippen molar-refractivity contribution in [2.45, 2.75) is 56.6 Å². The van der Waals surface area contributed by atoms with Gasteiger partial charge in [-0.15, -0.1) is 0 Å². The van der Waals surface area contributed by atoms with Crippen molar-refractivity contribution in [2.75, 3.05) is 25.4 Å². The summed E-state index contributed by atoms with van der Waals surface area (Å²) >= 11 is 0. The van der Waals surface area contributed by atoms with E-state index in [1.165, 1.54) is 6.42 Å². The van der Waals surface area contributed by atoms with Crippen molar-refractivity contribution in [1.82, 2.24) is 20.5 Å². The molecular formula is C19H30N4O2S2. The standard InChI is InChI=1S/C19H30N4O2S2/c1-15-6-5-7-16(2)23(15)14-18(25)20-11-9-17(24)21-12-13-26-27-19-8-3-4-10-22-19/h3-4,8,10,15-16H,5-7,9,11-14H2,1-2H3,(H,20,25)(H,21,24)/t15-,16+/i9+1,17+1,18+1,20+1. The molecule has 2 heterocycles. The Balaban J connectivity index is 1.50. The Morgan fingerprint density at radius 1 is 1.15 bits per heavy atom. The molecule has 150 valence electrons. The van der Waals surface area contributed by atoms with E-state index in [1.807, 2.05) is 18.2 Å². The fraction of sp³-hybridized carbons (Fsp3) is 0.632. The quantitative estimate of drug-likeness (QED) is 0.265. The highest BCUT2D eigenvalue weighted by Crippen LogP contribution is 2.28. The minimum atomic E-state index is -0.0292. The molecule has 1 aromatic rings. The van der Waals surface area contributed by atoms with Crippen molar-refractivity contribution in [2.24, 2.45) is 0 Å². The SMILES string of the molecule is C[C@@H]1CCC[C@H](C)N1C[13C](=O)[15NH]C[13CH2][13C](=O)NCCSSc1ccccn1. The van der Waals surface area contributed by atoms with Crippen LogP contribution in [0.4, 0.5) is 0 Å². The van der Waals surface area contributed by atoms with Crippen molar-refractivity contribution in [3.05, 3.63) is 24.4 Å². The molecule has 0 saturated carbocycles. The van der Waals surface area contributed by atoms with Crippen molar-refractivity contribution in [1.29, 1.82) is 0 Å². The van der Waals surface area contributed by atoms with E-state index in [-0.39, 0.29) is 11.8 Å². The first-order valence-corrected chi connectivity index (χ1v) is 11.9. The summed E-state index contributed by atoms with van der Waals surface area (Å²) in [4.78, 5) is 30.5. The first-order valence-electron chi connectivity index (χ1n) is 9.56. The Labute approximate surface area is 170 Å². The molecule has 8 heteroatoms. The summed E-state index contributed by atoms with van der Waals surface area (Å²) in [6.45, 7) is 5.78. The van der Waals surface area contributed by atoms with Crippen LogP contribution in [-0.4, -0.2) is 59.2 Å². The van der Waals surface area contributed by atoms with Crippen molar-refractivity contribution < 1.29 is 9.59 Å². The van der Waals surface area contributed by atoms with Gasteiger partial charge in [0.2, 0.25) is 11.8 Å². The molecule has 27 heavy (non-hydrogen) atoms. The Hall–Kier alpha value is -1.25. The topological polar surface area (TPSA) is 74.3 Å². The lowest BCUT2D eigenvalue weighted by molar-refractivity contribution is -0.124. The predicted molar refractivity (Wildman–Crippen MR) is 113 cm³/mol. The number of piperidine rings is 1. The van der Waals surface area contributed by atoms with Gasteiger partial charge in [-0.25, -0.2) is 4.98 Å². The average molecular weight is 415 g/mol. The highest BCUT2D eigenvalue weighted by atomic mass is 33.1. The van der Waals surface area contributed by atoms with E-state index in [4.69, 9.17) is 0 Å². The number of carbonyl (C=O) groups excluding carboxylic acids is 2. The van der Waals surface area contributed by atoms with Gasteiger partial charge in [0.1, 0.15) is 5.03 Å². The molecule has 2 amide bonds. The van der Waals surface area contributed by atoms with Crippen LogP contribution in [0.5, 0.6) is 0 Å². The molecule has 2 rings (SSSR count). The number of carbonyl (C=O) groups is 2. The third-order valence-electron chi connectivity index (χ3n) is 4.67. The number of nitrogens with zero attached hydrogens (tertiary/aromatic N) is 2. The van der Waals surface area contributed by atoms with Crippen LogP contribution < -0.4 is 10.6 Å². The summed E-state index contributed by atoms with van der Waals surface area (Å²) in [6.07, 6.45) is 5.62. The van der Waals surface area contributed by atoms with Crippen molar-refractivity contribution in [3.8, 4) is 0 Å². The molecule has 0 bridgehead atoms. The van der Waals surface area contributed by atoms with Crippen molar-refractivity contribution >= 4 is 33.4 Å². The van der Waals surface area contributed by atoms with Gasteiger partial charge in [0.15, 0.2) is 0 Å². The molecule has 0 aliphatic carbocycles. The van der Waals surface area contributed by atoms with Crippen LogP contribution in [0.15, 0.2) is 29.4 Å². The van der Waals surface area contributed by atoms with Gasteiger partial charge in [-0.2, -0.15) is 0 Å². The maximum atomic E-state index is 12.1. The highest BCUT2D eigenvalue weighted by molar-refractivity contribution is 8.76. The number of hydrogen-bond donors (Lipinski definition) is 2. The molecule has 6 nitrogen and oxygen atoms in total. The van der Waals surface area contributed by atoms with Gasteiger partial charge in [0.25, 0.3) is 0 Å². The van der Waals surface area contributed by atoms with E-state index in [9.17, 15) is 9.59 Å². The Morgan fingerprint density at radius 3 is 2.59 bits per heavy atom. The lowest BCUT2D eigenvalue weighted by Crippen LogP contribution is -2.49. The zero-order valence-corrected chi connectivity index (χ0v) is 17.8. The fourth-order valence-electron chi connectivity index (χ4n) is 3.14. The number of nitrogens with one attached hydrogen (secondary N) is 2. The van der Waals surface area contributed by atoms with Crippen LogP contribution in [0.1, 0.15) is 39.5 Å². The molecule has 0 radical (unpaired) electrons. The summed E-state index contributed by atoms with van der Waals surface area (Å²) < 4.78 is 0. The summed E-state index contributed by atoms with van der Waals surface area (Å²) in [5, 5.41) is 6.72. The molecule has 1 aliphatic rings. The summed E-state index contributed by atoms with van der Waals surface area (Å²) in [6, 6.07) is 6.71. The van der Waals surface area contributed by atoms with Gasteiger partial charge >= 0.3 is 0 Å². The van der Waals surface area contributed by atoms with Crippen LogP contribution in [0.25, 0.3) is 0 Å². The lowest BCUT2D eigenvalue weighted by atomic mass is 9.98. The second-order valence-electron chi connectivity index (χ2n) is 6.82. The zero-order valence-electron chi connectivity index (χ0n) is 16.1. The second kappa shape index (κ2) is 12.3. The molecule has 0 spiro atoms. The number of rotatable bonds is 10. The first kappa shape index (κ1) is 22.0. The molecule has 0 aromatic carbocycles. The monoisotopic (exact) mass is 414 g/mol. The van der Waals surface area contributed by atoms with E-state index >= 15 is 0 Å². The normalized spacial score (nSPS) is 20.2. The Kier molecular flexibility index (Phi) is 10.0. The molecule has 2 N–H and O–H groups in total. The number of likely N-dealkylation sites (tertiary alicyclic amines) is 1. The zero-order chi connectivity index (χ0) is 19.5. The van der Waals surface area contributed by atoms with Gasteiger partial charge in [0.05, 0.1) is 6.54 Å².